The van der Waals surface area contributed by atoms with Crippen molar-refractivity contribution >= 4 is 29.0 Å². The summed E-state index contributed by atoms with van der Waals surface area (Å²) in [6.45, 7) is 2.44. The third-order valence-electron chi connectivity index (χ3n) is 2.51. The lowest BCUT2D eigenvalue weighted by Gasteiger charge is -2.32. The molecule has 1 amide bonds. The van der Waals surface area contributed by atoms with Crippen molar-refractivity contribution in [2.75, 3.05) is 24.3 Å². The number of carbonyl (C=O) groups is 1. The zero-order chi connectivity index (χ0) is 11.7. The molecule has 0 bridgehead atoms. The molecule has 5 heteroatoms. The number of thioether (sulfide) groups is 1. The highest BCUT2D eigenvalue weighted by atomic mass is 32.2. The Hall–Kier alpha value is -1.20. The molecule has 0 spiro atoms. The molecule has 16 heavy (non-hydrogen) atoms. The summed E-state index contributed by atoms with van der Waals surface area (Å²) in [5.41, 5.74) is 7.34. The van der Waals surface area contributed by atoms with Gasteiger partial charge in [-0.3, -0.25) is 9.69 Å². The second-order valence-electron chi connectivity index (χ2n) is 3.77. The Bertz CT molecular complexity index is 422. The number of nitrogens with zero attached hydrogens (tertiary/aromatic N) is 1. The first-order valence-electron chi connectivity index (χ1n) is 5.15. The number of nitrogen functional groups attached to an aromatic ring is 1. The topological polar surface area (TPSA) is 58.4 Å². The van der Waals surface area contributed by atoms with E-state index in [1.165, 1.54) is 0 Å². The number of hydrogen-bond donors (Lipinski definition) is 2. The molecule has 4 nitrogen and oxygen atoms in total. The second kappa shape index (κ2) is 4.35. The van der Waals surface area contributed by atoms with Gasteiger partial charge in [0.15, 0.2) is 0 Å². The number of rotatable bonds is 2. The van der Waals surface area contributed by atoms with Gasteiger partial charge in [0.25, 0.3) is 0 Å². The summed E-state index contributed by atoms with van der Waals surface area (Å²) >= 11 is 1.58. The van der Waals surface area contributed by atoms with Crippen molar-refractivity contribution in [3.8, 4) is 0 Å². The zero-order valence-electron chi connectivity index (χ0n) is 9.36. The van der Waals surface area contributed by atoms with E-state index in [2.05, 4.69) is 5.32 Å². The van der Waals surface area contributed by atoms with E-state index in [0.717, 1.165) is 10.6 Å². The van der Waals surface area contributed by atoms with Crippen molar-refractivity contribution in [2.24, 2.45) is 0 Å². The van der Waals surface area contributed by atoms with Gasteiger partial charge in [-0.15, -0.1) is 11.8 Å². The number of fused-ring (bicyclic) bond motifs is 1. The molecule has 0 saturated heterocycles. The van der Waals surface area contributed by atoms with Crippen LogP contribution in [-0.2, 0) is 4.79 Å². The van der Waals surface area contributed by atoms with Gasteiger partial charge in [-0.1, -0.05) is 0 Å². The molecule has 1 heterocycles. The minimum Gasteiger partial charge on any atom is -0.399 e. The molecule has 86 valence electrons. The third-order valence-corrected chi connectivity index (χ3v) is 3.66. The molecule has 0 fully saturated rings. The largest absolute Gasteiger partial charge is 0.399 e. The number of carbonyl (C=O) groups excluding carboxylic acids is 1. The summed E-state index contributed by atoms with van der Waals surface area (Å²) in [5.74, 6) is 0.123. The smallest absolute Gasteiger partial charge is 0.241 e. The van der Waals surface area contributed by atoms with Crippen LogP contribution in [0, 0.1) is 0 Å². The van der Waals surface area contributed by atoms with Crippen LogP contribution in [0.2, 0.25) is 0 Å². The fraction of sp³-hybridized carbons (Fsp3) is 0.364. The standard InChI is InChI=1S/C11H15N3OS/c1-7-11(15)14(6-13-2)9-5-8(12)3-4-10(9)16-7/h3-5,7,13H,6,12H2,1-2H3. The summed E-state index contributed by atoms with van der Waals surface area (Å²) in [4.78, 5) is 14.9. The summed E-state index contributed by atoms with van der Waals surface area (Å²) in [7, 11) is 1.83. The van der Waals surface area contributed by atoms with Gasteiger partial charge >= 0.3 is 0 Å². The molecule has 0 aliphatic carbocycles. The van der Waals surface area contributed by atoms with Crippen LogP contribution in [0.1, 0.15) is 6.92 Å². The molecule has 3 N–H and O–H groups in total. The summed E-state index contributed by atoms with van der Waals surface area (Å²) in [6, 6.07) is 5.69. The van der Waals surface area contributed by atoms with Crippen LogP contribution in [-0.4, -0.2) is 24.9 Å². The molecule has 0 aromatic heterocycles. The molecule has 1 atom stereocenters. The SMILES string of the molecule is CNCN1C(=O)C(C)Sc2ccc(N)cc21. The predicted molar refractivity (Wildman–Crippen MR) is 67.6 cm³/mol. The number of anilines is 2. The first-order chi connectivity index (χ1) is 7.63. The third kappa shape index (κ3) is 1.88. The number of amides is 1. The van der Waals surface area contributed by atoms with E-state index in [1.54, 1.807) is 16.7 Å². The van der Waals surface area contributed by atoms with Gasteiger partial charge in [-0.05, 0) is 32.2 Å². The van der Waals surface area contributed by atoms with Crippen LogP contribution >= 0.6 is 11.8 Å². The van der Waals surface area contributed by atoms with Crippen molar-refractivity contribution in [1.29, 1.82) is 0 Å². The van der Waals surface area contributed by atoms with E-state index in [9.17, 15) is 4.79 Å². The zero-order valence-corrected chi connectivity index (χ0v) is 10.2. The van der Waals surface area contributed by atoms with Crippen molar-refractivity contribution in [3.63, 3.8) is 0 Å². The first kappa shape index (κ1) is 11.3. The van der Waals surface area contributed by atoms with Gasteiger partial charge in [-0.2, -0.15) is 0 Å². The monoisotopic (exact) mass is 237 g/mol. The van der Waals surface area contributed by atoms with Crippen LogP contribution in [0.3, 0.4) is 0 Å². The lowest BCUT2D eigenvalue weighted by Crippen LogP contribution is -2.44. The average molecular weight is 237 g/mol. The fourth-order valence-corrected chi connectivity index (χ4v) is 2.79. The van der Waals surface area contributed by atoms with Crippen LogP contribution < -0.4 is 16.0 Å². The van der Waals surface area contributed by atoms with E-state index in [0.29, 0.717) is 12.4 Å². The molecule has 1 aliphatic rings. The molecule has 1 aromatic carbocycles. The van der Waals surface area contributed by atoms with E-state index < -0.39 is 0 Å². The van der Waals surface area contributed by atoms with E-state index in [4.69, 9.17) is 5.73 Å². The molecule has 0 saturated carbocycles. The normalized spacial score (nSPS) is 19.8. The highest BCUT2D eigenvalue weighted by molar-refractivity contribution is 8.00. The quantitative estimate of drug-likeness (QED) is 0.761. The lowest BCUT2D eigenvalue weighted by atomic mass is 10.2. The van der Waals surface area contributed by atoms with Crippen molar-refractivity contribution in [2.45, 2.75) is 17.1 Å². The number of nitrogens with one attached hydrogen (secondary N) is 1. The number of benzene rings is 1. The molecule has 1 aromatic rings. The Labute approximate surface area is 99.2 Å². The fourth-order valence-electron chi connectivity index (χ4n) is 1.75. The molecule has 1 aliphatic heterocycles. The molecular formula is C11H15N3OS. The maximum Gasteiger partial charge on any atom is 0.241 e. The minimum atomic E-state index is -0.0375. The van der Waals surface area contributed by atoms with Crippen molar-refractivity contribution in [3.05, 3.63) is 18.2 Å². The Morgan fingerprint density at radius 2 is 2.31 bits per heavy atom. The highest BCUT2D eigenvalue weighted by Gasteiger charge is 2.30. The predicted octanol–water partition coefficient (Wildman–Crippen LogP) is 1.27. The molecule has 1 unspecified atom stereocenters. The van der Waals surface area contributed by atoms with Crippen LogP contribution in [0.5, 0.6) is 0 Å². The van der Waals surface area contributed by atoms with Gasteiger partial charge in [0, 0.05) is 10.6 Å². The van der Waals surface area contributed by atoms with Gasteiger partial charge in [-0.25, -0.2) is 0 Å². The highest BCUT2D eigenvalue weighted by Crippen LogP contribution is 2.39. The first-order valence-corrected chi connectivity index (χ1v) is 6.03. The van der Waals surface area contributed by atoms with Crippen LogP contribution in [0.15, 0.2) is 23.1 Å². The Balaban J connectivity index is 2.45. The van der Waals surface area contributed by atoms with Crippen LogP contribution in [0.25, 0.3) is 0 Å². The molecule has 0 radical (unpaired) electrons. The van der Waals surface area contributed by atoms with Crippen molar-refractivity contribution in [1.82, 2.24) is 5.32 Å². The Morgan fingerprint density at radius 3 is 3.00 bits per heavy atom. The summed E-state index contributed by atoms with van der Waals surface area (Å²) in [6.07, 6.45) is 0. The van der Waals surface area contributed by atoms with Gasteiger partial charge < -0.3 is 11.1 Å². The van der Waals surface area contributed by atoms with E-state index >= 15 is 0 Å². The summed E-state index contributed by atoms with van der Waals surface area (Å²) < 4.78 is 0. The minimum absolute atomic E-state index is 0.0375. The average Bonchev–Trinajstić information content (AvgIpc) is 2.26. The van der Waals surface area contributed by atoms with E-state index in [1.807, 2.05) is 32.2 Å². The second-order valence-corrected chi connectivity index (χ2v) is 5.15. The Kier molecular flexibility index (Phi) is 3.07. The Morgan fingerprint density at radius 1 is 1.56 bits per heavy atom. The lowest BCUT2D eigenvalue weighted by molar-refractivity contribution is -0.118. The molecule has 2 rings (SSSR count). The number of nitrogens with two attached hydrogens (primary N) is 1. The van der Waals surface area contributed by atoms with Gasteiger partial charge in [0.2, 0.25) is 5.91 Å². The summed E-state index contributed by atoms with van der Waals surface area (Å²) in [5, 5.41) is 2.97. The van der Waals surface area contributed by atoms with E-state index in [-0.39, 0.29) is 11.2 Å². The van der Waals surface area contributed by atoms with Crippen molar-refractivity contribution < 1.29 is 4.79 Å². The van der Waals surface area contributed by atoms with Gasteiger partial charge in [0.1, 0.15) is 0 Å². The van der Waals surface area contributed by atoms with Gasteiger partial charge in [0.05, 0.1) is 17.6 Å². The molecular weight excluding hydrogens is 222 g/mol. The maximum absolute atomic E-state index is 12.0. The number of hydrogen-bond acceptors (Lipinski definition) is 4. The maximum atomic E-state index is 12.0. The van der Waals surface area contributed by atoms with Crippen LogP contribution in [0.4, 0.5) is 11.4 Å².